The number of amides is 1. The minimum Gasteiger partial charge on any atom is -0.359 e. The number of anilines is 1. The van der Waals surface area contributed by atoms with Gasteiger partial charge in [-0.1, -0.05) is 13.0 Å². The summed E-state index contributed by atoms with van der Waals surface area (Å²) in [6, 6.07) is 4.74. The van der Waals surface area contributed by atoms with Gasteiger partial charge in [-0.2, -0.15) is 0 Å². The molecule has 21 heavy (non-hydrogen) atoms. The lowest BCUT2D eigenvalue weighted by Gasteiger charge is -2.20. The van der Waals surface area contributed by atoms with Gasteiger partial charge in [0.2, 0.25) is 5.91 Å². The molecule has 116 valence electrons. The predicted octanol–water partition coefficient (Wildman–Crippen LogP) is 0.694. The molecule has 0 aliphatic carbocycles. The lowest BCUT2D eigenvalue weighted by Crippen LogP contribution is -2.34. The van der Waals surface area contributed by atoms with Crippen molar-refractivity contribution in [3.05, 3.63) is 33.9 Å². The Kier molecular flexibility index (Phi) is 6.07. The van der Waals surface area contributed by atoms with Gasteiger partial charge in [-0.15, -0.1) is 0 Å². The van der Waals surface area contributed by atoms with Crippen molar-refractivity contribution in [1.82, 2.24) is 10.2 Å². The van der Waals surface area contributed by atoms with E-state index >= 15 is 0 Å². The van der Waals surface area contributed by atoms with Crippen molar-refractivity contribution in [1.29, 1.82) is 0 Å². The molecular formula is C13H21N5O3. The molecule has 8 nitrogen and oxygen atoms in total. The predicted molar refractivity (Wildman–Crippen MR) is 80.5 cm³/mol. The van der Waals surface area contributed by atoms with E-state index in [1.807, 2.05) is 18.9 Å². The molecule has 0 aliphatic rings. The molecule has 4 N–H and O–H groups in total. The third kappa shape index (κ3) is 4.69. The van der Waals surface area contributed by atoms with E-state index in [2.05, 4.69) is 10.7 Å². The Morgan fingerprint density at radius 2 is 2.19 bits per heavy atom. The van der Waals surface area contributed by atoms with Crippen molar-refractivity contribution < 1.29 is 9.72 Å². The monoisotopic (exact) mass is 295 g/mol. The van der Waals surface area contributed by atoms with Crippen molar-refractivity contribution >= 4 is 17.3 Å². The number of nitro benzene ring substituents is 1. The average Bonchev–Trinajstić information content (AvgIpc) is 2.45. The molecule has 0 spiro atoms. The Bertz CT molecular complexity index is 521. The summed E-state index contributed by atoms with van der Waals surface area (Å²) in [5.41, 5.74) is 3.41. The summed E-state index contributed by atoms with van der Waals surface area (Å²) < 4.78 is 0. The van der Waals surface area contributed by atoms with E-state index in [0.717, 1.165) is 5.56 Å². The summed E-state index contributed by atoms with van der Waals surface area (Å²) in [6.45, 7) is 2.99. The van der Waals surface area contributed by atoms with Crippen LogP contribution >= 0.6 is 0 Å². The van der Waals surface area contributed by atoms with Crippen LogP contribution in [0.4, 0.5) is 11.4 Å². The van der Waals surface area contributed by atoms with E-state index < -0.39 is 4.92 Å². The van der Waals surface area contributed by atoms with Crippen LogP contribution in [0.15, 0.2) is 18.2 Å². The molecule has 0 radical (unpaired) electrons. The quantitative estimate of drug-likeness (QED) is 0.387. The Balaban J connectivity index is 2.74. The van der Waals surface area contributed by atoms with E-state index in [-0.39, 0.29) is 23.2 Å². The SMILES string of the molecule is CNC(=O)C(C)CN(C)Cc1ccc([N+](=O)[O-])c(NN)c1. The van der Waals surface area contributed by atoms with Gasteiger partial charge in [0.15, 0.2) is 0 Å². The zero-order chi connectivity index (χ0) is 16.0. The molecule has 0 aromatic heterocycles. The maximum absolute atomic E-state index is 11.5. The third-order valence-corrected chi connectivity index (χ3v) is 3.15. The number of rotatable bonds is 7. The number of nitrogen functional groups attached to an aromatic ring is 1. The number of carbonyl (C=O) groups is 1. The summed E-state index contributed by atoms with van der Waals surface area (Å²) in [7, 11) is 3.49. The van der Waals surface area contributed by atoms with Crippen molar-refractivity contribution in [3.63, 3.8) is 0 Å². The molecule has 0 fully saturated rings. The second-order valence-electron chi connectivity index (χ2n) is 4.96. The fourth-order valence-corrected chi connectivity index (χ4v) is 2.13. The summed E-state index contributed by atoms with van der Waals surface area (Å²) >= 11 is 0. The lowest BCUT2D eigenvalue weighted by molar-refractivity contribution is -0.384. The van der Waals surface area contributed by atoms with E-state index in [9.17, 15) is 14.9 Å². The van der Waals surface area contributed by atoms with E-state index in [1.165, 1.54) is 6.07 Å². The number of nitrogens with two attached hydrogens (primary N) is 1. The fourth-order valence-electron chi connectivity index (χ4n) is 2.13. The maximum Gasteiger partial charge on any atom is 0.293 e. The van der Waals surface area contributed by atoms with Crippen LogP contribution in [0.5, 0.6) is 0 Å². The molecule has 1 unspecified atom stereocenters. The van der Waals surface area contributed by atoms with Crippen LogP contribution in [0.25, 0.3) is 0 Å². The number of hydrazine groups is 1. The second kappa shape index (κ2) is 7.55. The van der Waals surface area contributed by atoms with Gasteiger partial charge in [0.25, 0.3) is 5.69 Å². The summed E-state index contributed by atoms with van der Waals surface area (Å²) in [5.74, 6) is 5.15. The number of hydrogen-bond acceptors (Lipinski definition) is 6. The molecule has 1 rings (SSSR count). The number of hydrogen-bond donors (Lipinski definition) is 3. The molecule has 0 heterocycles. The first kappa shape index (κ1) is 16.9. The smallest absolute Gasteiger partial charge is 0.293 e. The van der Waals surface area contributed by atoms with E-state index in [1.54, 1.807) is 19.2 Å². The van der Waals surface area contributed by atoms with Crippen LogP contribution < -0.4 is 16.6 Å². The fraction of sp³-hybridized carbons (Fsp3) is 0.462. The van der Waals surface area contributed by atoms with Crippen LogP contribution in [0.2, 0.25) is 0 Å². The number of carbonyl (C=O) groups excluding carboxylic acids is 1. The van der Waals surface area contributed by atoms with Crippen molar-refractivity contribution in [2.45, 2.75) is 13.5 Å². The zero-order valence-electron chi connectivity index (χ0n) is 12.4. The molecule has 1 aromatic carbocycles. The molecular weight excluding hydrogens is 274 g/mol. The Morgan fingerprint density at radius 3 is 2.71 bits per heavy atom. The van der Waals surface area contributed by atoms with Crippen molar-refractivity contribution in [3.8, 4) is 0 Å². The van der Waals surface area contributed by atoms with Crippen molar-refractivity contribution in [2.24, 2.45) is 11.8 Å². The number of benzene rings is 1. The molecule has 1 amide bonds. The first-order chi connectivity index (χ1) is 9.88. The summed E-state index contributed by atoms with van der Waals surface area (Å²) in [5, 5.41) is 13.4. The average molecular weight is 295 g/mol. The largest absolute Gasteiger partial charge is 0.359 e. The van der Waals surface area contributed by atoms with Gasteiger partial charge < -0.3 is 15.6 Å². The number of nitrogens with one attached hydrogen (secondary N) is 2. The molecule has 0 bridgehead atoms. The van der Waals surface area contributed by atoms with Crippen LogP contribution in [-0.2, 0) is 11.3 Å². The minimum atomic E-state index is -0.490. The first-order valence-electron chi connectivity index (χ1n) is 6.53. The first-order valence-corrected chi connectivity index (χ1v) is 6.53. The second-order valence-corrected chi connectivity index (χ2v) is 4.96. The normalized spacial score (nSPS) is 12.0. The Morgan fingerprint density at radius 1 is 1.52 bits per heavy atom. The molecule has 0 saturated heterocycles. The van der Waals surface area contributed by atoms with Gasteiger partial charge in [0.1, 0.15) is 5.69 Å². The summed E-state index contributed by atoms with van der Waals surface area (Å²) in [6.07, 6.45) is 0. The van der Waals surface area contributed by atoms with Gasteiger partial charge in [-0.25, -0.2) is 0 Å². The molecule has 1 aromatic rings. The van der Waals surface area contributed by atoms with Crippen LogP contribution in [0, 0.1) is 16.0 Å². The third-order valence-electron chi connectivity index (χ3n) is 3.15. The Hall–Kier alpha value is -2.19. The highest BCUT2D eigenvalue weighted by atomic mass is 16.6. The van der Waals surface area contributed by atoms with Gasteiger partial charge in [0.05, 0.1) is 4.92 Å². The van der Waals surface area contributed by atoms with Crippen molar-refractivity contribution in [2.75, 3.05) is 26.1 Å². The van der Waals surface area contributed by atoms with Gasteiger partial charge in [-0.05, 0) is 18.7 Å². The van der Waals surface area contributed by atoms with E-state index in [0.29, 0.717) is 13.1 Å². The van der Waals surface area contributed by atoms with Crippen LogP contribution in [0.3, 0.4) is 0 Å². The molecule has 0 aliphatic heterocycles. The highest BCUT2D eigenvalue weighted by molar-refractivity contribution is 5.78. The number of nitro groups is 1. The van der Waals surface area contributed by atoms with Gasteiger partial charge >= 0.3 is 0 Å². The van der Waals surface area contributed by atoms with Gasteiger partial charge in [0, 0.05) is 32.1 Å². The molecule has 8 heteroatoms. The number of nitrogens with zero attached hydrogens (tertiary/aromatic N) is 2. The van der Waals surface area contributed by atoms with Gasteiger partial charge in [-0.3, -0.25) is 20.8 Å². The molecule has 0 saturated carbocycles. The zero-order valence-corrected chi connectivity index (χ0v) is 12.4. The highest BCUT2D eigenvalue weighted by Crippen LogP contribution is 2.25. The Labute approximate surface area is 123 Å². The maximum atomic E-state index is 11.5. The molecule has 1 atom stereocenters. The van der Waals surface area contributed by atoms with Crippen LogP contribution in [-0.4, -0.2) is 36.4 Å². The minimum absolute atomic E-state index is 0.0186. The lowest BCUT2D eigenvalue weighted by atomic mass is 10.1. The van der Waals surface area contributed by atoms with E-state index in [4.69, 9.17) is 5.84 Å². The topological polar surface area (TPSA) is 114 Å². The summed E-state index contributed by atoms with van der Waals surface area (Å²) in [4.78, 5) is 23.8. The highest BCUT2D eigenvalue weighted by Gasteiger charge is 2.16. The standard InChI is InChI=1S/C13H21N5O3/c1-9(13(19)15-2)7-17(3)8-10-4-5-12(18(20)21)11(6-10)16-14/h4-6,9,16H,7-8,14H2,1-3H3,(H,15,19). The van der Waals surface area contributed by atoms with Crippen LogP contribution in [0.1, 0.15) is 12.5 Å².